The second-order valence-electron chi connectivity index (χ2n) is 19.4. The predicted octanol–water partition coefficient (Wildman–Crippen LogP) is 12.1. The standard InChI is InChI=1S/C54H51N3OSi/c1-34(2)30-37-32-47-42-31-36(35-16-10-9-11-17-35)22-28-43(42)54(55(47)33-49(37)59(6,7)8)44-29-27-41-40-18-12-15-21-48(40)58-51(41)50(44)52-56(45-19-13-14-20-46(45)57(52)54)39-25-23-38(24-26-39)53(3,4)5/h9-29,31-34H,30H2,1-8H3/q+2. The van der Waals surface area contributed by atoms with E-state index in [1.807, 2.05) is 0 Å². The van der Waals surface area contributed by atoms with Gasteiger partial charge >= 0.3 is 11.5 Å². The summed E-state index contributed by atoms with van der Waals surface area (Å²) in [4.78, 5) is 0. The molecule has 0 fully saturated rings. The molecular formula is C54H51N3OSi+2. The summed E-state index contributed by atoms with van der Waals surface area (Å²) in [5, 5.41) is 3.80. The summed E-state index contributed by atoms with van der Waals surface area (Å²) in [6.45, 7) is 19.1. The summed E-state index contributed by atoms with van der Waals surface area (Å²) < 4.78 is 14.9. The van der Waals surface area contributed by atoms with Gasteiger partial charge in [0.1, 0.15) is 16.8 Å². The zero-order valence-electron chi connectivity index (χ0n) is 35.4. The molecule has 9 aromatic rings. The maximum Gasteiger partial charge on any atom is 0.364 e. The maximum absolute atomic E-state index is 7.07. The monoisotopic (exact) mass is 785 g/mol. The fourth-order valence-electron chi connectivity index (χ4n) is 10.4. The molecule has 5 heteroatoms. The Labute approximate surface area is 348 Å². The van der Waals surface area contributed by atoms with Crippen molar-refractivity contribution in [1.29, 1.82) is 0 Å². The number of aromatic nitrogens is 3. The number of imidazole rings is 1. The van der Waals surface area contributed by atoms with Crippen LogP contribution in [0.1, 0.15) is 56.9 Å². The lowest BCUT2D eigenvalue weighted by Crippen LogP contribution is -2.72. The van der Waals surface area contributed by atoms with Crippen LogP contribution in [0.15, 0.2) is 150 Å². The molecule has 0 N–H and O–H groups in total. The van der Waals surface area contributed by atoms with Crippen molar-refractivity contribution < 1.29 is 13.6 Å². The van der Waals surface area contributed by atoms with Gasteiger partial charge in [-0.2, -0.15) is 4.57 Å². The molecule has 0 saturated heterocycles. The molecule has 0 bridgehead atoms. The molecule has 1 spiro atoms. The van der Waals surface area contributed by atoms with Crippen molar-refractivity contribution >= 4 is 46.2 Å². The molecule has 1 atom stereocenters. The SMILES string of the molecule is CC(C)Cc1cc2[n+](cc1[Si](C)(C)C)C1(c3ccc(-c4ccccc4)cc3-2)c2ccc3c(oc4ccccc43)c2-c2n(-c3ccc(C(C)(C)C)cc3)c3ccccc3[n+]21. The molecule has 0 aliphatic carbocycles. The van der Waals surface area contributed by atoms with Crippen LogP contribution in [0.3, 0.4) is 0 Å². The normalized spacial score (nSPS) is 15.7. The molecule has 2 aliphatic rings. The van der Waals surface area contributed by atoms with Gasteiger partial charge in [0.2, 0.25) is 5.69 Å². The highest BCUT2D eigenvalue weighted by Gasteiger charge is 2.67. The number of fused-ring (bicyclic) bond motifs is 16. The predicted molar refractivity (Wildman–Crippen MR) is 245 cm³/mol. The van der Waals surface area contributed by atoms with Crippen molar-refractivity contribution in [1.82, 2.24) is 4.57 Å². The Bertz CT molecular complexity index is 3170. The van der Waals surface area contributed by atoms with E-state index >= 15 is 0 Å². The van der Waals surface area contributed by atoms with Crippen LogP contribution in [0.25, 0.3) is 72.4 Å². The third-order valence-electron chi connectivity index (χ3n) is 13.0. The fourth-order valence-corrected chi connectivity index (χ4v) is 12.0. The molecule has 2 aliphatic heterocycles. The first kappa shape index (κ1) is 36.1. The van der Waals surface area contributed by atoms with Crippen LogP contribution in [0.4, 0.5) is 0 Å². The molecule has 59 heavy (non-hydrogen) atoms. The highest BCUT2D eigenvalue weighted by Crippen LogP contribution is 2.53. The largest absolute Gasteiger partial charge is 0.455 e. The van der Waals surface area contributed by atoms with Gasteiger partial charge in [-0.25, -0.2) is 0 Å². The number of benzene rings is 6. The molecule has 4 nitrogen and oxygen atoms in total. The first-order valence-electron chi connectivity index (χ1n) is 21.3. The zero-order valence-corrected chi connectivity index (χ0v) is 36.4. The van der Waals surface area contributed by atoms with Gasteiger partial charge in [-0.15, -0.1) is 9.13 Å². The molecule has 0 radical (unpaired) electrons. The highest BCUT2D eigenvalue weighted by molar-refractivity contribution is 6.89. The smallest absolute Gasteiger partial charge is 0.364 e. The Morgan fingerprint density at radius 3 is 2.17 bits per heavy atom. The van der Waals surface area contributed by atoms with Crippen LogP contribution in [-0.4, -0.2) is 12.6 Å². The molecule has 6 aromatic carbocycles. The van der Waals surface area contributed by atoms with Gasteiger partial charge in [-0.1, -0.05) is 133 Å². The van der Waals surface area contributed by atoms with Crippen LogP contribution < -0.4 is 14.3 Å². The number of hydrogen-bond acceptors (Lipinski definition) is 1. The second-order valence-corrected chi connectivity index (χ2v) is 24.4. The van der Waals surface area contributed by atoms with Crippen LogP contribution >= 0.6 is 0 Å². The maximum atomic E-state index is 7.07. The van der Waals surface area contributed by atoms with Crippen molar-refractivity contribution in [3.05, 3.63) is 168 Å². The number of pyridine rings is 1. The zero-order chi connectivity index (χ0) is 40.6. The molecular weight excluding hydrogens is 735 g/mol. The van der Waals surface area contributed by atoms with Crippen LogP contribution in [0, 0.1) is 5.92 Å². The number of nitrogens with zero attached hydrogens (tertiary/aromatic N) is 3. The van der Waals surface area contributed by atoms with Gasteiger partial charge < -0.3 is 4.42 Å². The topological polar surface area (TPSA) is 25.8 Å². The lowest BCUT2D eigenvalue weighted by molar-refractivity contribution is -0.944. The first-order valence-corrected chi connectivity index (χ1v) is 24.8. The van der Waals surface area contributed by atoms with E-state index in [1.54, 1.807) is 0 Å². The van der Waals surface area contributed by atoms with E-state index in [4.69, 9.17) is 4.42 Å². The van der Waals surface area contributed by atoms with Gasteiger partial charge in [0.25, 0.3) is 0 Å². The molecule has 11 rings (SSSR count). The molecule has 5 heterocycles. The Morgan fingerprint density at radius 2 is 1.42 bits per heavy atom. The lowest BCUT2D eigenvalue weighted by Gasteiger charge is -2.24. The van der Waals surface area contributed by atoms with Gasteiger partial charge in [-0.05, 0) is 94.6 Å². The summed E-state index contributed by atoms with van der Waals surface area (Å²) in [7, 11) is -1.85. The van der Waals surface area contributed by atoms with Crippen LogP contribution in [0.2, 0.25) is 19.6 Å². The van der Waals surface area contributed by atoms with Crippen LogP contribution in [-0.2, 0) is 17.5 Å². The Balaban J connectivity index is 1.34. The third-order valence-corrected chi connectivity index (χ3v) is 15.1. The van der Waals surface area contributed by atoms with Gasteiger partial charge in [0.15, 0.2) is 22.8 Å². The molecule has 0 amide bonds. The third kappa shape index (κ3) is 5.07. The average molecular weight is 786 g/mol. The lowest BCUT2D eigenvalue weighted by atomic mass is 9.87. The minimum Gasteiger partial charge on any atom is -0.455 e. The van der Waals surface area contributed by atoms with Crippen molar-refractivity contribution in [3.63, 3.8) is 0 Å². The van der Waals surface area contributed by atoms with Crippen LogP contribution in [0.5, 0.6) is 0 Å². The number of rotatable bonds is 5. The van der Waals surface area contributed by atoms with Crippen molar-refractivity contribution in [2.75, 3.05) is 0 Å². The molecule has 3 aromatic heterocycles. The Kier molecular flexibility index (Phi) is 7.63. The molecule has 0 saturated carbocycles. The summed E-state index contributed by atoms with van der Waals surface area (Å²) in [5.41, 5.74) is 16.1. The van der Waals surface area contributed by atoms with E-state index in [1.165, 1.54) is 60.9 Å². The summed E-state index contributed by atoms with van der Waals surface area (Å²) in [5.74, 6) is 1.67. The van der Waals surface area contributed by atoms with E-state index in [-0.39, 0.29) is 5.41 Å². The minimum atomic E-state index is -1.85. The van der Waals surface area contributed by atoms with Gasteiger partial charge in [0.05, 0.1) is 24.8 Å². The van der Waals surface area contributed by atoms with E-state index in [2.05, 4.69) is 214 Å². The Hall–Kier alpha value is -6.04. The molecule has 1 unspecified atom stereocenters. The first-order chi connectivity index (χ1) is 28.4. The van der Waals surface area contributed by atoms with Gasteiger partial charge in [-0.3, -0.25) is 0 Å². The Morgan fingerprint density at radius 1 is 0.712 bits per heavy atom. The quantitative estimate of drug-likeness (QED) is 0.126. The van der Waals surface area contributed by atoms with E-state index in [9.17, 15) is 0 Å². The summed E-state index contributed by atoms with van der Waals surface area (Å²) in [6, 6.07) is 52.2. The average Bonchev–Trinajstić information content (AvgIpc) is 3.93. The van der Waals surface area contributed by atoms with E-state index in [0.717, 1.165) is 45.4 Å². The van der Waals surface area contributed by atoms with Crippen molar-refractivity contribution in [2.24, 2.45) is 5.92 Å². The molecule has 290 valence electrons. The van der Waals surface area contributed by atoms with E-state index in [0.29, 0.717) is 5.92 Å². The van der Waals surface area contributed by atoms with Gasteiger partial charge in [0, 0.05) is 22.0 Å². The highest BCUT2D eigenvalue weighted by atomic mass is 28.3. The summed E-state index contributed by atoms with van der Waals surface area (Å²) >= 11 is 0. The fraction of sp³-hybridized carbons (Fsp3) is 0.222. The minimum absolute atomic E-state index is 0.0418. The van der Waals surface area contributed by atoms with E-state index < -0.39 is 13.7 Å². The number of para-hydroxylation sites is 3. The second kappa shape index (κ2) is 12.5. The summed E-state index contributed by atoms with van der Waals surface area (Å²) in [6.07, 6.45) is 3.63. The van der Waals surface area contributed by atoms with Crippen molar-refractivity contribution in [2.45, 2.75) is 71.8 Å². The van der Waals surface area contributed by atoms with Crippen molar-refractivity contribution in [3.8, 4) is 39.5 Å². The number of furan rings is 1. The number of hydrogen-bond donors (Lipinski definition) is 0.